The fraction of sp³-hybridized carbons (Fsp3) is 0.538. The molecule has 2 aliphatic rings. The summed E-state index contributed by atoms with van der Waals surface area (Å²) in [5.41, 5.74) is 5.71. The van der Waals surface area contributed by atoms with Crippen LogP contribution in [-0.4, -0.2) is 30.5 Å². The van der Waals surface area contributed by atoms with Crippen LogP contribution in [0.5, 0.6) is 5.75 Å². The van der Waals surface area contributed by atoms with Crippen LogP contribution >= 0.6 is 0 Å². The van der Waals surface area contributed by atoms with Crippen molar-refractivity contribution in [1.29, 1.82) is 0 Å². The summed E-state index contributed by atoms with van der Waals surface area (Å²) in [4.78, 5) is 0. The van der Waals surface area contributed by atoms with E-state index in [1.807, 2.05) is 12.1 Å². The molecule has 0 fully saturated rings. The average molecular weight is 397 g/mol. The van der Waals surface area contributed by atoms with Gasteiger partial charge in [0.1, 0.15) is 5.75 Å². The fourth-order valence-corrected chi connectivity index (χ4v) is 5.11. The third-order valence-electron chi connectivity index (χ3n) is 6.68. The van der Waals surface area contributed by atoms with Gasteiger partial charge >= 0.3 is 0 Å². The Morgan fingerprint density at radius 1 is 0.828 bits per heavy atom. The van der Waals surface area contributed by atoms with Gasteiger partial charge in [-0.25, -0.2) is 0 Å². The minimum Gasteiger partial charge on any atom is -0.496 e. The zero-order valence-corrected chi connectivity index (χ0v) is 17.9. The van der Waals surface area contributed by atoms with Crippen molar-refractivity contribution in [3.8, 4) is 5.75 Å². The highest BCUT2D eigenvalue weighted by molar-refractivity contribution is 5.43. The molecule has 3 heteroatoms. The lowest BCUT2D eigenvalue weighted by Crippen LogP contribution is -2.13. The van der Waals surface area contributed by atoms with Gasteiger partial charge in [0.25, 0.3) is 0 Å². The van der Waals surface area contributed by atoms with Crippen LogP contribution in [0, 0.1) is 0 Å². The zero-order valence-electron chi connectivity index (χ0n) is 17.9. The summed E-state index contributed by atoms with van der Waals surface area (Å²) in [6.07, 6.45) is 7.81. The zero-order chi connectivity index (χ0) is 20.6. The van der Waals surface area contributed by atoms with Crippen LogP contribution in [-0.2, 0) is 6.42 Å². The highest BCUT2D eigenvalue weighted by Gasteiger charge is 2.23. The highest BCUT2D eigenvalue weighted by Crippen LogP contribution is 2.40. The van der Waals surface area contributed by atoms with Crippen LogP contribution in [0.25, 0.3) is 0 Å². The molecule has 3 atom stereocenters. The van der Waals surface area contributed by atoms with Crippen molar-refractivity contribution < 1.29 is 14.9 Å². The van der Waals surface area contributed by atoms with E-state index in [0.29, 0.717) is 24.4 Å². The molecule has 0 aliphatic heterocycles. The second-order valence-electron chi connectivity index (χ2n) is 8.45. The van der Waals surface area contributed by atoms with E-state index < -0.39 is 0 Å². The summed E-state index contributed by atoms with van der Waals surface area (Å²) in [6, 6.07) is 15.0. The number of methoxy groups -OCH3 is 1. The summed E-state index contributed by atoms with van der Waals surface area (Å²) >= 11 is 0. The Bertz CT molecular complexity index is 770. The minimum atomic E-state index is 0.279. The summed E-state index contributed by atoms with van der Waals surface area (Å²) in [7, 11) is 1.73. The van der Waals surface area contributed by atoms with Crippen molar-refractivity contribution in [1.82, 2.24) is 0 Å². The minimum absolute atomic E-state index is 0.279. The number of ether oxygens (including phenoxy) is 1. The van der Waals surface area contributed by atoms with Crippen molar-refractivity contribution >= 4 is 0 Å². The molecule has 2 aromatic carbocycles. The molecule has 0 saturated carbocycles. The Labute approximate surface area is 175 Å². The molecular weight excluding hydrogens is 360 g/mol. The molecule has 2 N–H and O–H groups in total. The standard InChI is InChI=1S/C13H18O2.C13H18O/c1-15-13-7-3-5-11-10(8-9-14)4-2-6-12(11)13;1-10-6-7-11(8-9-14)13-5-3-2-4-12(10)13/h3,5,7,10,14H,2,4,6,8-9H2,1H3;2-5,10-11,14H,6-9H2,1H3. The molecule has 0 heterocycles. The fourth-order valence-electron chi connectivity index (χ4n) is 5.11. The number of aliphatic hydroxyl groups excluding tert-OH is 2. The molecule has 3 unspecified atom stereocenters. The lowest BCUT2D eigenvalue weighted by molar-refractivity contribution is 0.267. The van der Waals surface area contributed by atoms with Gasteiger partial charge in [0.05, 0.1) is 7.11 Å². The van der Waals surface area contributed by atoms with Crippen molar-refractivity contribution in [3.05, 3.63) is 64.7 Å². The Morgan fingerprint density at radius 2 is 1.48 bits per heavy atom. The van der Waals surface area contributed by atoms with E-state index in [0.717, 1.165) is 25.0 Å². The van der Waals surface area contributed by atoms with Crippen molar-refractivity contribution in [2.75, 3.05) is 20.3 Å². The molecule has 0 bridgehead atoms. The lowest BCUT2D eigenvalue weighted by Gasteiger charge is -2.29. The van der Waals surface area contributed by atoms with E-state index >= 15 is 0 Å². The predicted octanol–water partition coefficient (Wildman–Crippen LogP) is 5.55. The molecule has 2 aliphatic carbocycles. The van der Waals surface area contributed by atoms with Gasteiger partial charge in [0, 0.05) is 13.2 Å². The van der Waals surface area contributed by atoms with Crippen molar-refractivity contribution in [2.24, 2.45) is 0 Å². The van der Waals surface area contributed by atoms with Crippen molar-refractivity contribution in [3.63, 3.8) is 0 Å². The first-order chi connectivity index (χ1) is 14.2. The molecular formula is C26H36O3. The maximum Gasteiger partial charge on any atom is 0.122 e. The first-order valence-electron chi connectivity index (χ1n) is 11.2. The monoisotopic (exact) mass is 396 g/mol. The first-order valence-corrected chi connectivity index (χ1v) is 11.2. The Hall–Kier alpha value is -1.84. The van der Waals surface area contributed by atoms with E-state index in [9.17, 15) is 0 Å². The summed E-state index contributed by atoms with van der Waals surface area (Å²) < 4.78 is 5.38. The molecule has 3 nitrogen and oxygen atoms in total. The molecule has 0 spiro atoms. The summed E-state index contributed by atoms with van der Waals surface area (Å²) in [5.74, 6) is 2.82. The van der Waals surface area contributed by atoms with Crippen LogP contribution in [0.2, 0.25) is 0 Å². The Kier molecular flexibility index (Phi) is 8.14. The first kappa shape index (κ1) is 21.9. The molecule has 0 aromatic heterocycles. The number of hydrogen-bond acceptors (Lipinski definition) is 3. The SMILES string of the molecule is CC1CCC(CCO)c2ccccc21.COc1cccc2c1CCCC2CCO. The van der Waals surface area contributed by atoms with Gasteiger partial charge < -0.3 is 14.9 Å². The molecule has 29 heavy (non-hydrogen) atoms. The third-order valence-corrected chi connectivity index (χ3v) is 6.68. The van der Waals surface area contributed by atoms with Gasteiger partial charge in [-0.2, -0.15) is 0 Å². The number of fused-ring (bicyclic) bond motifs is 2. The summed E-state index contributed by atoms with van der Waals surface area (Å²) in [6.45, 7) is 2.89. The van der Waals surface area contributed by atoms with Gasteiger partial charge in [-0.15, -0.1) is 0 Å². The van der Waals surface area contributed by atoms with Crippen LogP contribution in [0.1, 0.15) is 85.5 Å². The van der Waals surface area contributed by atoms with Crippen LogP contribution in [0.3, 0.4) is 0 Å². The van der Waals surface area contributed by atoms with Crippen molar-refractivity contribution in [2.45, 2.75) is 69.6 Å². The van der Waals surface area contributed by atoms with Gasteiger partial charge in [-0.1, -0.05) is 43.3 Å². The maximum atomic E-state index is 9.04. The molecule has 0 amide bonds. The largest absolute Gasteiger partial charge is 0.496 e. The molecule has 0 saturated heterocycles. The molecule has 4 rings (SSSR count). The number of benzene rings is 2. The van der Waals surface area contributed by atoms with Gasteiger partial charge in [-0.05, 0) is 91.0 Å². The quantitative estimate of drug-likeness (QED) is 0.697. The lowest BCUT2D eigenvalue weighted by atomic mass is 9.76. The van der Waals surface area contributed by atoms with Crippen LogP contribution in [0.15, 0.2) is 42.5 Å². The normalized spacial score (nSPS) is 22.7. The van der Waals surface area contributed by atoms with Gasteiger partial charge in [0.15, 0.2) is 0 Å². The second-order valence-corrected chi connectivity index (χ2v) is 8.45. The van der Waals surface area contributed by atoms with E-state index in [4.69, 9.17) is 14.9 Å². The Balaban J connectivity index is 0.000000166. The maximum absolute atomic E-state index is 9.04. The van der Waals surface area contributed by atoms with Gasteiger partial charge in [-0.3, -0.25) is 0 Å². The third kappa shape index (κ3) is 5.21. The molecule has 158 valence electrons. The Morgan fingerprint density at radius 3 is 2.17 bits per heavy atom. The predicted molar refractivity (Wildman–Crippen MR) is 119 cm³/mol. The highest BCUT2D eigenvalue weighted by atomic mass is 16.5. The van der Waals surface area contributed by atoms with E-state index in [1.54, 1.807) is 7.11 Å². The van der Waals surface area contributed by atoms with E-state index in [1.165, 1.54) is 47.9 Å². The van der Waals surface area contributed by atoms with Crippen LogP contribution in [0.4, 0.5) is 0 Å². The number of rotatable bonds is 5. The average Bonchev–Trinajstić information content (AvgIpc) is 2.76. The topological polar surface area (TPSA) is 49.7 Å². The number of aliphatic hydroxyl groups is 2. The molecule has 0 radical (unpaired) electrons. The summed E-state index contributed by atoms with van der Waals surface area (Å²) in [5, 5.41) is 18.0. The second kappa shape index (κ2) is 10.8. The van der Waals surface area contributed by atoms with E-state index in [-0.39, 0.29) is 6.61 Å². The molecule has 2 aromatic rings. The van der Waals surface area contributed by atoms with Gasteiger partial charge in [0.2, 0.25) is 0 Å². The van der Waals surface area contributed by atoms with E-state index in [2.05, 4.69) is 37.3 Å². The number of hydrogen-bond donors (Lipinski definition) is 2. The van der Waals surface area contributed by atoms with Crippen LogP contribution < -0.4 is 4.74 Å². The smallest absolute Gasteiger partial charge is 0.122 e.